The molecule has 1 aromatic carbocycles. The van der Waals surface area contributed by atoms with Gasteiger partial charge in [0.05, 0.1) is 12.4 Å². The molecule has 3 rings (SSSR count). The van der Waals surface area contributed by atoms with Crippen LogP contribution in [-0.4, -0.2) is 16.2 Å². The number of nitrogens with zero attached hydrogens (tertiary/aromatic N) is 3. The summed E-state index contributed by atoms with van der Waals surface area (Å²) in [7, 11) is 0. The van der Waals surface area contributed by atoms with Crippen molar-refractivity contribution in [3.05, 3.63) is 59.7 Å². The molecule has 0 amide bonds. The number of ether oxygens (including phenoxy) is 1. The van der Waals surface area contributed by atoms with Crippen molar-refractivity contribution in [3.63, 3.8) is 0 Å². The molecule has 0 spiro atoms. The van der Waals surface area contributed by atoms with E-state index in [4.69, 9.17) is 10.5 Å². The molecule has 22 heavy (non-hydrogen) atoms. The van der Waals surface area contributed by atoms with Gasteiger partial charge in [0.25, 0.3) is 0 Å². The Morgan fingerprint density at radius 3 is 2.91 bits per heavy atom. The normalized spacial score (nSPS) is 10.7. The SMILES string of the molecule is Nc1csc(NN=Cc2ccccc2Oc2cccnc2)n1. The van der Waals surface area contributed by atoms with Crippen LogP contribution in [0.1, 0.15) is 5.56 Å². The molecule has 0 unspecified atom stereocenters. The molecule has 0 aliphatic carbocycles. The maximum absolute atomic E-state index is 5.80. The standard InChI is InChI=1S/C15H13N5OS/c16-14-10-22-15(19-14)20-18-8-11-4-1-2-6-13(11)21-12-5-3-7-17-9-12/h1-10H,16H2,(H,19,20). The van der Waals surface area contributed by atoms with E-state index in [0.717, 1.165) is 5.56 Å². The number of hydrazone groups is 1. The zero-order valence-electron chi connectivity index (χ0n) is 11.5. The Morgan fingerprint density at radius 1 is 1.23 bits per heavy atom. The maximum atomic E-state index is 5.80. The molecule has 6 nitrogen and oxygen atoms in total. The summed E-state index contributed by atoms with van der Waals surface area (Å²) in [5, 5.41) is 6.53. The minimum atomic E-state index is 0.475. The molecule has 2 aromatic heterocycles. The van der Waals surface area contributed by atoms with E-state index in [-0.39, 0.29) is 0 Å². The van der Waals surface area contributed by atoms with E-state index in [9.17, 15) is 0 Å². The van der Waals surface area contributed by atoms with Crippen molar-refractivity contribution in [1.82, 2.24) is 9.97 Å². The molecule has 0 saturated carbocycles. The minimum absolute atomic E-state index is 0.475. The van der Waals surface area contributed by atoms with Crippen LogP contribution < -0.4 is 15.9 Å². The highest BCUT2D eigenvalue weighted by Gasteiger charge is 2.02. The second kappa shape index (κ2) is 6.68. The van der Waals surface area contributed by atoms with Crippen LogP contribution in [0.5, 0.6) is 11.5 Å². The fourth-order valence-corrected chi connectivity index (χ4v) is 2.26. The van der Waals surface area contributed by atoms with Crippen molar-refractivity contribution in [2.75, 3.05) is 11.2 Å². The molecule has 0 aliphatic heterocycles. The van der Waals surface area contributed by atoms with Crippen LogP contribution in [0, 0.1) is 0 Å². The molecule has 3 aromatic rings. The number of nitrogens with one attached hydrogen (secondary N) is 1. The number of para-hydroxylation sites is 1. The molecule has 0 fully saturated rings. The first-order valence-electron chi connectivity index (χ1n) is 6.48. The van der Waals surface area contributed by atoms with Crippen LogP contribution in [0.3, 0.4) is 0 Å². The lowest BCUT2D eigenvalue weighted by Gasteiger charge is -2.07. The number of pyridine rings is 1. The molecular formula is C15H13N5OS. The molecule has 7 heteroatoms. The fraction of sp³-hybridized carbons (Fsp3) is 0. The molecule has 0 aliphatic rings. The summed E-state index contributed by atoms with van der Waals surface area (Å²) in [5.74, 6) is 1.84. The van der Waals surface area contributed by atoms with Gasteiger partial charge in [-0.05, 0) is 24.3 Å². The van der Waals surface area contributed by atoms with Crippen LogP contribution in [0.4, 0.5) is 10.9 Å². The van der Waals surface area contributed by atoms with Gasteiger partial charge in [-0.3, -0.25) is 10.4 Å². The van der Waals surface area contributed by atoms with E-state index in [2.05, 4.69) is 20.5 Å². The molecule has 3 N–H and O–H groups in total. The van der Waals surface area contributed by atoms with Gasteiger partial charge in [0, 0.05) is 17.1 Å². The van der Waals surface area contributed by atoms with Crippen molar-refractivity contribution in [3.8, 4) is 11.5 Å². The van der Waals surface area contributed by atoms with E-state index in [1.165, 1.54) is 11.3 Å². The summed E-state index contributed by atoms with van der Waals surface area (Å²) in [6.07, 6.45) is 5.03. The third-order valence-electron chi connectivity index (χ3n) is 2.67. The van der Waals surface area contributed by atoms with Gasteiger partial charge in [-0.25, -0.2) is 4.98 Å². The lowest BCUT2D eigenvalue weighted by molar-refractivity contribution is 0.479. The molecule has 0 radical (unpaired) electrons. The smallest absolute Gasteiger partial charge is 0.205 e. The zero-order chi connectivity index (χ0) is 15.2. The van der Waals surface area contributed by atoms with Gasteiger partial charge in [0.2, 0.25) is 5.13 Å². The second-order valence-electron chi connectivity index (χ2n) is 4.28. The first kappa shape index (κ1) is 14.0. The largest absolute Gasteiger partial charge is 0.455 e. The van der Waals surface area contributed by atoms with Crippen molar-refractivity contribution in [2.45, 2.75) is 0 Å². The highest BCUT2D eigenvalue weighted by molar-refractivity contribution is 7.14. The number of hydrogen-bond acceptors (Lipinski definition) is 7. The maximum Gasteiger partial charge on any atom is 0.205 e. The lowest BCUT2D eigenvalue weighted by atomic mass is 10.2. The number of aromatic nitrogens is 2. The first-order valence-corrected chi connectivity index (χ1v) is 7.36. The second-order valence-corrected chi connectivity index (χ2v) is 5.13. The number of nitrogens with two attached hydrogens (primary N) is 1. The molecule has 2 heterocycles. The zero-order valence-corrected chi connectivity index (χ0v) is 12.3. The van der Waals surface area contributed by atoms with Gasteiger partial charge in [-0.15, -0.1) is 11.3 Å². The third kappa shape index (κ3) is 3.58. The summed E-state index contributed by atoms with van der Waals surface area (Å²) in [6, 6.07) is 11.3. The van der Waals surface area contributed by atoms with Gasteiger partial charge in [-0.2, -0.15) is 5.10 Å². The van der Waals surface area contributed by atoms with Crippen molar-refractivity contribution in [2.24, 2.45) is 5.10 Å². The van der Waals surface area contributed by atoms with E-state index < -0.39 is 0 Å². The van der Waals surface area contributed by atoms with Crippen LogP contribution in [-0.2, 0) is 0 Å². The minimum Gasteiger partial charge on any atom is -0.455 e. The first-order chi connectivity index (χ1) is 10.8. The number of thiazole rings is 1. The quantitative estimate of drug-likeness (QED) is 0.557. The van der Waals surface area contributed by atoms with Gasteiger partial charge >= 0.3 is 0 Å². The average Bonchev–Trinajstić information content (AvgIpc) is 2.95. The summed E-state index contributed by atoms with van der Waals surface area (Å²) in [4.78, 5) is 8.09. The van der Waals surface area contributed by atoms with E-state index in [1.807, 2.05) is 36.4 Å². The van der Waals surface area contributed by atoms with Crippen molar-refractivity contribution in [1.29, 1.82) is 0 Å². The Kier molecular flexibility index (Phi) is 4.26. The average molecular weight is 311 g/mol. The van der Waals surface area contributed by atoms with Crippen molar-refractivity contribution >= 4 is 28.5 Å². The van der Waals surface area contributed by atoms with Gasteiger partial charge in [0.15, 0.2) is 0 Å². The van der Waals surface area contributed by atoms with Gasteiger partial charge in [-0.1, -0.05) is 12.1 Å². The fourth-order valence-electron chi connectivity index (χ4n) is 1.71. The molecule has 0 bridgehead atoms. The summed E-state index contributed by atoms with van der Waals surface area (Å²) in [5.41, 5.74) is 9.22. The Labute approximate surface area is 131 Å². The molecular weight excluding hydrogens is 298 g/mol. The Balaban J connectivity index is 1.73. The molecule has 0 atom stereocenters. The third-order valence-corrected chi connectivity index (χ3v) is 3.43. The van der Waals surface area contributed by atoms with Crippen LogP contribution in [0.2, 0.25) is 0 Å². The lowest BCUT2D eigenvalue weighted by Crippen LogP contribution is -1.94. The topological polar surface area (TPSA) is 85.4 Å². The van der Waals surface area contributed by atoms with Crippen LogP contribution >= 0.6 is 11.3 Å². The summed E-state index contributed by atoms with van der Waals surface area (Å²) in [6.45, 7) is 0. The predicted molar refractivity (Wildman–Crippen MR) is 88.5 cm³/mol. The highest BCUT2D eigenvalue weighted by atomic mass is 32.1. The predicted octanol–water partition coefficient (Wildman–Crippen LogP) is 3.36. The van der Waals surface area contributed by atoms with Gasteiger partial charge in [0.1, 0.15) is 17.3 Å². The Morgan fingerprint density at radius 2 is 2.14 bits per heavy atom. The number of nitrogen functional groups attached to an aromatic ring is 1. The van der Waals surface area contributed by atoms with Crippen molar-refractivity contribution < 1.29 is 4.74 Å². The van der Waals surface area contributed by atoms with Gasteiger partial charge < -0.3 is 10.5 Å². The number of benzene rings is 1. The van der Waals surface area contributed by atoms with Crippen LogP contribution in [0.25, 0.3) is 0 Å². The van der Waals surface area contributed by atoms with E-state index in [0.29, 0.717) is 22.4 Å². The number of rotatable bonds is 5. The van der Waals surface area contributed by atoms with E-state index in [1.54, 1.807) is 24.0 Å². The molecule has 0 saturated heterocycles. The monoisotopic (exact) mass is 311 g/mol. The Bertz CT molecular complexity index is 772. The summed E-state index contributed by atoms with van der Waals surface area (Å²) >= 11 is 1.39. The highest BCUT2D eigenvalue weighted by Crippen LogP contribution is 2.23. The summed E-state index contributed by atoms with van der Waals surface area (Å²) < 4.78 is 5.80. The van der Waals surface area contributed by atoms with E-state index >= 15 is 0 Å². The number of anilines is 2. The number of hydrogen-bond donors (Lipinski definition) is 2. The van der Waals surface area contributed by atoms with Crippen LogP contribution in [0.15, 0.2) is 59.3 Å². The molecule has 110 valence electrons. The Hall–Kier alpha value is -2.93.